The first-order chi connectivity index (χ1) is 11.0. The van der Waals surface area contributed by atoms with E-state index in [0.717, 1.165) is 12.1 Å². The molecular weight excluding hydrogens is 330 g/mol. The molecule has 3 N–H and O–H groups in total. The fourth-order valence-corrected chi connectivity index (χ4v) is 2.52. The molecule has 1 aliphatic heterocycles. The van der Waals surface area contributed by atoms with Gasteiger partial charge in [-0.2, -0.15) is 0 Å². The number of ether oxygens (including phenoxy) is 1. The second-order valence-electron chi connectivity index (χ2n) is 6.14. The molecule has 1 aliphatic rings. The molecule has 7 heteroatoms. The van der Waals surface area contributed by atoms with Crippen molar-refractivity contribution in [1.29, 1.82) is 0 Å². The Hall–Kier alpha value is -1.63. The lowest BCUT2D eigenvalue weighted by Gasteiger charge is -2.23. The molecule has 0 radical (unpaired) electrons. The molecule has 1 saturated heterocycles. The van der Waals surface area contributed by atoms with Crippen molar-refractivity contribution in [2.45, 2.75) is 39.3 Å². The lowest BCUT2D eigenvalue weighted by Crippen LogP contribution is -2.43. The van der Waals surface area contributed by atoms with Crippen LogP contribution in [0, 0.1) is 6.92 Å². The fraction of sp³-hybridized carbons (Fsp3) is 0.529. The average Bonchev–Trinajstić information content (AvgIpc) is 2.47. The first-order valence-electron chi connectivity index (χ1n) is 7.98. The number of hydrogen-bond donors (Lipinski definition) is 3. The molecule has 1 heterocycles. The van der Waals surface area contributed by atoms with Crippen molar-refractivity contribution < 1.29 is 14.3 Å². The van der Waals surface area contributed by atoms with Gasteiger partial charge in [0.05, 0.1) is 13.2 Å². The summed E-state index contributed by atoms with van der Waals surface area (Å²) in [5.74, 6) is -0.161. The molecule has 2 rings (SSSR count). The predicted octanol–water partition coefficient (Wildman–Crippen LogP) is 1.87. The molecule has 0 aliphatic carbocycles. The molecule has 0 aromatic heterocycles. The second kappa shape index (κ2) is 9.61. The van der Waals surface area contributed by atoms with Crippen LogP contribution in [0.3, 0.4) is 0 Å². The van der Waals surface area contributed by atoms with Crippen molar-refractivity contribution in [3.8, 4) is 0 Å². The Labute approximate surface area is 149 Å². The summed E-state index contributed by atoms with van der Waals surface area (Å²) < 4.78 is 5.34. The minimum atomic E-state index is -0.0982. The Morgan fingerprint density at radius 1 is 1.38 bits per heavy atom. The van der Waals surface area contributed by atoms with E-state index in [0.29, 0.717) is 30.9 Å². The highest BCUT2D eigenvalue weighted by atomic mass is 35.5. The molecule has 0 bridgehead atoms. The molecule has 24 heavy (non-hydrogen) atoms. The van der Waals surface area contributed by atoms with E-state index in [-0.39, 0.29) is 36.3 Å². The Morgan fingerprint density at radius 3 is 2.71 bits per heavy atom. The van der Waals surface area contributed by atoms with E-state index < -0.39 is 0 Å². The molecule has 6 nitrogen and oxygen atoms in total. The standard InChI is InChI=1S/C17H25N3O3.ClH/c1-11(2)19-17(22)15-5-4-13(8-12(15)3)20-16(21)9-14-10-23-7-6-18-14;/h4-5,8,11,14,18H,6-7,9-10H2,1-3H3,(H,19,22)(H,20,21);1H. The Balaban J connectivity index is 0.00000288. The normalized spacial score (nSPS) is 17.1. The molecule has 1 unspecified atom stereocenters. The lowest BCUT2D eigenvalue weighted by atomic mass is 10.1. The minimum Gasteiger partial charge on any atom is -0.378 e. The van der Waals surface area contributed by atoms with Crippen molar-refractivity contribution in [2.24, 2.45) is 0 Å². The molecule has 2 amide bonds. The van der Waals surface area contributed by atoms with Crippen LogP contribution in [-0.4, -0.2) is 43.7 Å². The molecule has 1 atom stereocenters. The van der Waals surface area contributed by atoms with E-state index in [9.17, 15) is 9.59 Å². The van der Waals surface area contributed by atoms with Gasteiger partial charge in [0, 0.05) is 36.3 Å². The fourth-order valence-electron chi connectivity index (χ4n) is 2.52. The van der Waals surface area contributed by atoms with Crippen LogP contribution in [-0.2, 0) is 9.53 Å². The van der Waals surface area contributed by atoms with Crippen LogP contribution in [0.4, 0.5) is 5.69 Å². The molecule has 1 fully saturated rings. The van der Waals surface area contributed by atoms with Gasteiger partial charge in [0.2, 0.25) is 5.91 Å². The van der Waals surface area contributed by atoms with Crippen LogP contribution in [0.2, 0.25) is 0 Å². The molecular formula is C17H26ClN3O3. The number of rotatable bonds is 5. The number of amides is 2. The quantitative estimate of drug-likeness (QED) is 0.753. The van der Waals surface area contributed by atoms with Crippen LogP contribution in [0.25, 0.3) is 0 Å². The van der Waals surface area contributed by atoms with Crippen LogP contribution in [0.5, 0.6) is 0 Å². The zero-order valence-electron chi connectivity index (χ0n) is 14.3. The number of morpholine rings is 1. The van der Waals surface area contributed by atoms with Gasteiger partial charge in [0.15, 0.2) is 0 Å². The topological polar surface area (TPSA) is 79.5 Å². The van der Waals surface area contributed by atoms with E-state index in [4.69, 9.17) is 4.74 Å². The van der Waals surface area contributed by atoms with Crippen molar-refractivity contribution in [3.05, 3.63) is 29.3 Å². The molecule has 1 aromatic rings. The Bertz CT molecular complexity index is 572. The third-order valence-corrected chi connectivity index (χ3v) is 3.60. The highest BCUT2D eigenvalue weighted by Gasteiger charge is 2.17. The van der Waals surface area contributed by atoms with Gasteiger partial charge in [-0.05, 0) is 44.5 Å². The lowest BCUT2D eigenvalue weighted by molar-refractivity contribution is -0.117. The van der Waals surface area contributed by atoms with Gasteiger partial charge in [0.25, 0.3) is 5.91 Å². The zero-order valence-corrected chi connectivity index (χ0v) is 15.2. The van der Waals surface area contributed by atoms with Crippen LogP contribution >= 0.6 is 12.4 Å². The summed E-state index contributed by atoms with van der Waals surface area (Å²) in [6.45, 7) is 7.73. The molecule has 0 saturated carbocycles. The zero-order chi connectivity index (χ0) is 16.8. The van der Waals surface area contributed by atoms with Crippen molar-refractivity contribution in [1.82, 2.24) is 10.6 Å². The Morgan fingerprint density at radius 2 is 2.12 bits per heavy atom. The summed E-state index contributed by atoms with van der Waals surface area (Å²) in [6, 6.07) is 5.46. The first kappa shape index (κ1) is 20.4. The molecule has 134 valence electrons. The number of nitrogens with one attached hydrogen (secondary N) is 3. The van der Waals surface area contributed by atoms with Gasteiger partial charge in [0.1, 0.15) is 0 Å². The average molecular weight is 356 g/mol. The van der Waals surface area contributed by atoms with E-state index >= 15 is 0 Å². The van der Waals surface area contributed by atoms with E-state index in [1.807, 2.05) is 26.8 Å². The maximum absolute atomic E-state index is 12.1. The number of hydrogen-bond acceptors (Lipinski definition) is 4. The third kappa shape index (κ3) is 6.11. The van der Waals surface area contributed by atoms with Crippen LogP contribution in [0.1, 0.15) is 36.2 Å². The SMILES string of the molecule is Cc1cc(NC(=O)CC2COCCN2)ccc1C(=O)NC(C)C.Cl. The largest absolute Gasteiger partial charge is 0.378 e. The summed E-state index contributed by atoms with van der Waals surface area (Å²) in [6.07, 6.45) is 0.370. The van der Waals surface area contributed by atoms with E-state index in [2.05, 4.69) is 16.0 Å². The van der Waals surface area contributed by atoms with Gasteiger partial charge < -0.3 is 20.7 Å². The van der Waals surface area contributed by atoms with E-state index in [1.54, 1.807) is 12.1 Å². The van der Waals surface area contributed by atoms with E-state index in [1.165, 1.54) is 0 Å². The first-order valence-corrected chi connectivity index (χ1v) is 7.98. The number of aryl methyl sites for hydroxylation is 1. The van der Waals surface area contributed by atoms with Gasteiger partial charge in [-0.3, -0.25) is 9.59 Å². The van der Waals surface area contributed by atoms with Gasteiger partial charge in [-0.15, -0.1) is 12.4 Å². The number of anilines is 1. The summed E-state index contributed by atoms with van der Waals surface area (Å²) in [7, 11) is 0. The second-order valence-corrected chi connectivity index (χ2v) is 6.14. The highest BCUT2D eigenvalue weighted by Crippen LogP contribution is 2.16. The van der Waals surface area contributed by atoms with Gasteiger partial charge in [-0.25, -0.2) is 0 Å². The van der Waals surface area contributed by atoms with Crippen LogP contribution in [0.15, 0.2) is 18.2 Å². The number of benzene rings is 1. The summed E-state index contributed by atoms with van der Waals surface area (Å²) in [5, 5.41) is 8.99. The number of carbonyl (C=O) groups excluding carboxylic acids is 2. The molecule has 1 aromatic carbocycles. The van der Waals surface area contributed by atoms with Crippen molar-refractivity contribution >= 4 is 29.9 Å². The highest BCUT2D eigenvalue weighted by molar-refractivity contribution is 5.97. The van der Waals surface area contributed by atoms with Crippen molar-refractivity contribution in [3.63, 3.8) is 0 Å². The third-order valence-electron chi connectivity index (χ3n) is 3.60. The number of carbonyl (C=O) groups is 2. The van der Waals surface area contributed by atoms with Gasteiger partial charge in [-0.1, -0.05) is 0 Å². The monoisotopic (exact) mass is 355 g/mol. The minimum absolute atomic E-state index is 0. The molecule has 0 spiro atoms. The number of halogens is 1. The maximum Gasteiger partial charge on any atom is 0.251 e. The smallest absolute Gasteiger partial charge is 0.251 e. The summed E-state index contributed by atoms with van der Waals surface area (Å²) in [4.78, 5) is 24.1. The summed E-state index contributed by atoms with van der Waals surface area (Å²) >= 11 is 0. The summed E-state index contributed by atoms with van der Waals surface area (Å²) in [5.41, 5.74) is 2.16. The Kier molecular flexibility index (Phi) is 8.18. The van der Waals surface area contributed by atoms with Crippen molar-refractivity contribution in [2.75, 3.05) is 25.1 Å². The maximum atomic E-state index is 12.1. The predicted molar refractivity (Wildman–Crippen MR) is 96.9 cm³/mol. The van der Waals surface area contributed by atoms with Gasteiger partial charge >= 0.3 is 0 Å². The van der Waals surface area contributed by atoms with Crippen LogP contribution < -0.4 is 16.0 Å².